The second-order valence-electron chi connectivity index (χ2n) is 3.20. The average molecular weight is 217 g/mol. The predicted molar refractivity (Wildman–Crippen MR) is 48.1 cm³/mol. The minimum atomic E-state index is -3.68. The molecule has 2 rings (SSSR count). The van der Waals surface area contributed by atoms with Gasteiger partial charge in [-0.15, -0.1) is 0 Å². The molecule has 1 aromatic heterocycles. The van der Waals surface area contributed by atoms with E-state index in [2.05, 4.69) is 4.98 Å². The second-order valence-corrected chi connectivity index (χ2v) is 4.71. The van der Waals surface area contributed by atoms with E-state index in [9.17, 15) is 8.42 Å². The molecule has 0 aliphatic carbocycles. The van der Waals surface area contributed by atoms with Crippen molar-refractivity contribution >= 4 is 10.0 Å². The lowest BCUT2D eigenvalue weighted by Crippen LogP contribution is -2.20. The van der Waals surface area contributed by atoms with Gasteiger partial charge in [-0.2, -0.15) is 0 Å². The van der Waals surface area contributed by atoms with Crippen molar-refractivity contribution in [1.82, 2.24) is 9.55 Å². The summed E-state index contributed by atoms with van der Waals surface area (Å²) in [5.41, 5.74) is 0. The van der Waals surface area contributed by atoms with Gasteiger partial charge in [-0.1, -0.05) is 0 Å². The van der Waals surface area contributed by atoms with Gasteiger partial charge >= 0.3 is 0 Å². The highest BCUT2D eigenvalue weighted by molar-refractivity contribution is 7.89. The summed E-state index contributed by atoms with van der Waals surface area (Å²) in [5.74, 6) is 0. The van der Waals surface area contributed by atoms with E-state index < -0.39 is 10.0 Å². The number of ether oxygens (including phenoxy) is 1. The summed E-state index contributed by atoms with van der Waals surface area (Å²) in [4.78, 5) is 3.78. The lowest BCUT2D eigenvalue weighted by atomic mass is 10.3. The Morgan fingerprint density at radius 3 is 3.00 bits per heavy atom. The second kappa shape index (κ2) is 3.34. The SMILES string of the molecule is NS(=O)(=O)c1cncn1C1CCOC1. The monoisotopic (exact) mass is 217 g/mol. The van der Waals surface area contributed by atoms with Crippen molar-refractivity contribution in [2.75, 3.05) is 13.2 Å². The third-order valence-electron chi connectivity index (χ3n) is 2.22. The van der Waals surface area contributed by atoms with Crippen molar-refractivity contribution in [2.24, 2.45) is 5.14 Å². The van der Waals surface area contributed by atoms with Crippen LogP contribution in [0, 0.1) is 0 Å². The Morgan fingerprint density at radius 2 is 2.43 bits per heavy atom. The molecule has 2 N–H and O–H groups in total. The molecular weight excluding hydrogens is 206 g/mol. The van der Waals surface area contributed by atoms with Gasteiger partial charge in [-0.05, 0) is 6.42 Å². The first-order valence-electron chi connectivity index (χ1n) is 4.21. The Balaban J connectivity index is 2.39. The molecule has 1 saturated heterocycles. The van der Waals surface area contributed by atoms with E-state index in [1.165, 1.54) is 12.5 Å². The fourth-order valence-corrected chi connectivity index (χ4v) is 2.23. The Labute approximate surface area is 81.7 Å². The van der Waals surface area contributed by atoms with Crippen LogP contribution in [0.15, 0.2) is 17.6 Å². The molecule has 1 unspecified atom stereocenters. The standard InChI is InChI=1S/C7H11N3O3S/c8-14(11,12)7-3-9-5-10(7)6-1-2-13-4-6/h3,5-6H,1-2,4H2,(H2,8,11,12). The summed E-state index contributed by atoms with van der Waals surface area (Å²) in [6.07, 6.45) is 3.52. The molecule has 78 valence electrons. The zero-order valence-corrected chi connectivity index (χ0v) is 8.27. The molecule has 1 aromatic rings. The number of hydrogen-bond donors (Lipinski definition) is 1. The van der Waals surface area contributed by atoms with Crippen LogP contribution in [0.3, 0.4) is 0 Å². The summed E-state index contributed by atoms with van der Waals surface area (Å²) in [7, 11) is -3.68. The molecule has 1 atom stereocenters. The largest absolute Gasteiger partial charge is 0.379 e. The van der Waals surface area contributed by atoms with Crippen molar-refractivity contribution < 1.29 is 13.2 Å². The smallest absolute Gasteiger partial charge is 0.255 e. The third kappa shape index (κ3) is 1.66. The number of primary sulfonamides is 1. The van der Waals surface area contributed by atoms with Crippen LogP contribution in [0.1, 0.15) is 12.5 Å². The van der Waals surface area contributed by atoms with Gasteiger partial charge in [-0.3, -0.25) is 0 Å². The molecule has 0 saturated carbocycles. The van der Waals surface area contributed by atoms with E-state index in [0.717, 1.165) is 6.42 Å². The molecule has 14 heavy (non-hydrogen) atoms. The van der Waals surface area contributed by atoms with Crippen LogP contribution in [0.5, 0.6) is 0 Å². The highest BCUT2D eigenvalue weighted by atomic mass is 32.2. The molecule has 1 aliphatic heterocycles. The molecule has 2 heterocycles. The van der Waals surface area contributed by atoms with Gasteiger partial charge in [0.05, 0.1) is 25.2 Å². The van der Waals surface area contributed by atoms with Crippen molar-refractivity contribution in [2.45, 2.75) is 17.5 Å². The topological polar surface area (TPSA) is 87.2 Å². The number of nitrogens with two attached hydrogens (primary N) is 1. The quantitative estimate of drug-likeness (QED) is 0.722. The van der Waals surface area contributed by atoms with Gasteiger partial charge in [0.25, 0.3) is 10.0 Å². The van der Waals surface area contributed by atoms with Crippen molar-refractivity contribution in [3.8, 4) is 0 Å². The lowest BCUT2D eigenvalue weighted by molar-refractivity contribution is 0.185. The number of hydrogen-bond acceptors (Lipinski definition) is 4. The predicted octanol–water partition coefficient (Wildman–Crippen LogP) is -0.508. The van der Waals surface area contributed by atoms with Crippen molar-refractivity contribution in [3.63, 3.8) is 0 Å². The minimum absolute atomic E-state index is 0.0332. The van der Waals surface area contributed by atoms with Crippen LogP contribution < -0.4 is 5.14 Å². The minimum Gasteiger partial charge on any atom is -0.379 e. The summed E-state index contributed by atoms with van der Waals surface area (Å²) in [6.45, 7) is 1.16. The summed E-state index contributed by atoms with van der Waals surface area (Å²) < 4.78 is 29.0. The molecule has 0 spiro atoms. The zero-order chi connectivity index (χ0) is 10.2. The molecular formula is C7H11N3O3S. The number of sulfonamides is 1. The fraction of sp³-hybridized carbons (Fsp3) is 0.571. The highest BCUT2D eigenvalue weighted by Gasteiger charge is 2.23. The van der Waals surface area contributed by atoms with Crippen LogP contribution in [-0.4, -0.2) is 31.2 Å². The molecule has 1 aliphatic rings. The van der Waals surface area contributed by atoms with E-state index in [1.54, 1.807) is 4.57 Å². The van der Waals surface area contributed by atoms with Crippen LogP contribution >= 0.6 is 0 Å². The van der Waals surface area contributed by atoms with Crippen LogP contribution in [0.25, 0.3) is 0 Å². The summed E-state index contributed by atoms with van der Waals surface area (Å²) in [5, 5.41) is 5.09. The van der Waals surface area contributed by atoms with E-state index in [4.69, 9.17) is 9.88 Å². The summed E-state index contributed by atoms with van der Waals surface area (Å²) in [6, 6.07) is 0.0332. The highest BCUT2D eigenvalue weighted by Crippen LogP contribution is 2.21. The maximum Gasteiger partial charge on any atom is 0.255 e. The average Bonchev–Trinajstić information content (AvgIpc) is 2.73. The molecule has 0 radical (unpaired) electrons. The van der Waals surface area contributed by atoms with Crippen LogP contribution in [0.2, 0.25) is 0 Å². The Kier molecular flexibility index (Phi) is 2.30. The maximum atomic E-state index is 11.1. The Morgan fingerprint density at radius 1 is 1.64 bits per heavy atom. The van der Waals surface area contributed by atoms with Gasteiger partial charge < -0.3 is 9.30 Å². The normalized spacial score (nSPS) is 22.8. The Hall–Kier alpha value is -0.920. The van der Waals surface area contributed by atoms with E-state index in [-0.39, 0.29) is 11.1 Å². The molecule has 7 heteroatoms. The number of nitrogens with zero attached hydrogens (tertiary/aromatic N) is 2. The molecule has 0 aromatic carbocycles. The van der Waals surface area contributed by atoms with Gasteiger partial charge in [0.15, 0.2) is 5.03 Å². The number of imidazole rings is 1. The van der Waals surface area contributed by atoms with Crippen LogP contribution in [-0.2, 0) is 14.8 Å². The molecule has 6 nitrogen and oxygen atoms in total. The van der Waals surface area contributed by atoms with Gasteiger partial charge in [0.2, 0.25) is 0 Å². The maximum absolute atomic E-state index is 11.1. The van der Waals surface area contributed by atoms with Gasteiger partial charge in [0, 0.05) is 6.61 Å². The van der Waals surface area contributed by atoms with Crippen molar-refractivity contribution in [1.29, 1.82) is 0 Å². The summed E-state index contributed by atoms with van der Waals surface area (Å²) >= 11 is 0. The van der Waals surface area contributed by atoms with Gasteiger partial charge in [-0.25, -0.2) is 18.5 Å². The number of rotatable bonds is 2. The van der Waals surface area contributed by atoms with E-state index in [0.29, 0.717) is 13.2 Å². The zero-order valence-electron chi connectivity index (χ0n) is 7.46. The molecule has 0 bridgehead atoms. The molecule has 0 amide bonds. The first-order valence-corrected chi connectivity index (χ1v) is 5.76. The van der Waals surface area contributed by atoms with E-state index >= 15 is 0 Å². The third-order valence-corrected chi connectivity index (χ3v) is 3.12. The first-order chi connectivity index (χ1) is 6.59. The molecule has 1 fully saturated rings. The van der Waals surface area contributed by atoms with Gasteiger partial charge in [0.1, 0.15) is 0 Å². The number of aromatic nitrogens is 2. The Bertz CT molecular complexity index is 419. The van der Waals surface area contributed by atoms with Crippen molar-refractivity contribution in [3.05, 3.63) is 12.5 Å². The van der Waals surface area contributed by atoms with E-state index in [1.807, 2.05) is 0 Å². The van der Waals surface area contributed by atoms with Crippen LogP contribution in [0.4, 0.5) is 0 Å². The first kappa shape index (κ1) is 9.63. The fourth-order valence-electron chi connectivity index (χ4n) is 1.53. The lowest BCUT2D eigenvalue weighted by Gasteiger charge is -2.11.